The maximum atomic E-state index is 8.62. The van der Waals surface area contributed by atoms with Crippen molar-refractivity contribution < 1.29 is 19.3 Å². The van der Waals surface area contributed by atoms with Gasteiger partial charge in [-0.15, -0.1) is 0 Å². The van der Waals surface area contributed by atoms with Crippen LogP contribution in [0.1, 0.15) is 0 Å². The second-order valence-electron chi connectivity index (χ2n) is 8.58. The number of likely N-dealkylation sites (N-methyl/N-ethyl adjacent to an activating group) is 5. The first-order valence-corrected chi connectivity index (χ1v) is 11.3. The summed E-state index contributed by atoms with van der Waals surface area (Å²) in [6.45, 7) is 11.4. The van der Waals surface area contributed by atoms with Crippen molar-refractivity contribution >= 4 is 0 Å². The van der Waals surface area contributed by atoms with Gasteiger partial charge in [-0.25, -0.2) is 0 Å². The van der Waals surface area contributed by atoms with Gasteiger partial charge in [-0.2, -0.15) is 0 Å². The van der Waals surface area contributed by atoms with Crippen molar-refractivity contribution in [1.82, 2.24) is 24.5 Å². The van der Waals surface area contributed by atoms with Crippen LogP contribution in [0.3, 0.4) is 0 Å². The molecule has 0 fully saturated rings. The fourth-order valence-electron chi connectivity index (χ4n) is 2.10. The second-order valence-corrected chi connectivity index (χ2v) is 8.58. The minimum Gasteiger partial charge on any atom is -0.395 e. The Balaban J connectivity index is 0. The number of nitrogens with zero attached hydrogens (tertiary/aromatic N) is 5. The van der Waals surface area contributed by atoms with Crippen LogP contribution in [-0.4, -0.2) is 178 Å². The van der Waals surface area contributed by atoms with Crippen molar-refractivity contribution in [3.05, 3.63) is 0 Å². The number of rotatable bonds is 20. The van der Waals surface area contributed by atoms with Gasteiger partial charge in [0.2, 0.25) is 0 Å². The first kappa shape index (κ1) is 32.8. The average molecular weight is 452 g/mol. The molecule has 190 valence electrons. The third kappa shape index (κ3) is 31.9. The molecule has 1 N–H and O–H groups in total. The SMILES string of the molecule is CN(C)CCOCCN(C)CCO.CN(C)CCOCCN(C)CCOCCN(C)C. The van der Waals surface area contributed by atoms with Crippen molar-refractivity contribution in [3.63, 3.8) is 0 Å². The fraction of sp³-hybridized carbons (Fsp3) is 1.00. The second kappa shape index (κ2) is 24.3. The molecular formula is C22H53N5O4. The number of ether oxygens (including phenoxy) is 3. The molecule has 0 aliphatic heterocycles. The van der Waals surface area contributed by atoms with Crippen molar-refractivity contribution in [3.8, 4) is 0 Å². The van der Waals surface area contributed by atoms with E-state index in [9.17, 15) is 0 Å². The molecular weight excluding hydrogens is 398 g/mol. The van der Waals surface area contributed by atoms with Crippen LogP contribution in [0.2, 0.25) is 0 Å². The molecule has 31 heavy (non-hydrogen) atoms. The van der Waals surface area contributed by atoms with Crippen molar-refractivity contribution in [2.24, 2.45) is 0 Å². The van der Waals surface area contributed by atoms with Crippen LogP contribution >= 0.6 is 0 Å². The molecule has 0 aliphatic rings. The van der Waals surface area contributed by atoms with Crippen LogP contribution in [0.5, 0.6) is 0 Å². The summed E-state index contributed by atoms with van der Waals surface area (Å²) in [7, 11) is 16.4. The Morgan fingerprint density at radius 3 is 0.935 bits per heavy atom. The predicted octanol–water partition coefficient (Wildman–Crippen LogP) is -0.437. The summed E-state index contributed by atoms with van der Waals surface area (Å²) in [5, 5.41) is 8.62. The highest BCUT2D eigenvalue weighted by Crippen LogP contribution is 1.87. The van der Waals surface area contributed by atoms with E-state index in [4.69, 9.17) is 19.3 Å². The molecule has 0 radical (unpaired) electrons. The number of hydrogen-bond donors (Lipinski definition) is 1. The number of hydrogen-bond acceptors (Lipinski definition) is 9. The summed E-state index contributed by atoms with van der Waals surface area (Å²) in [6, 6.07) is 0. The van der Waals surface area contributed by atoms with E-state index in [2.05, 4.69) is 59.7 Å². The summed E-state index contributed by atoms with van der Waals surface area (Å²) in [5.74, 6) is 0. The third-order valence-electron chi connectivity index (χ3n) is 4.38. The van der Waals surface area contributed by atoms with E-state index in [1.165, 1.54) is 0 Å². The highest BCUT2D eigenvalue weighted by Gasteiger charge is 1.99. The summed E-state index contributed by atoms with van der Waals surface area (Å²) >= 11 is 0. The molecule has 0 aromatic carbocycles. The van der Waals surface area contributed by atoms with Gasteiger partial charge in [-0.05, 0) is 56.4 Å². The van der Waals surface area contributed by atoms with Crippen molar-refractivity contribution in [2.45, 2.75) is 0 Å². The molecule has 0 heterocycles. The third-order valence-corrected chi connectivity index (χ3v) is 4.38. The molecule has 0 rings (SSSR count). The van der Waals surface area contributed by atoms with E-state index < -0.39 is 0 Å². The molecule has 0 spiro atoms. The van der Waals surface area contributed by atoms with Gasteiger partial charge < -0.3 is 43.8 Å². The van der Waals surface area contributed by atoms with Crippen LogP contribution < -0.4 is 0 Å². The summed E-state index contributed by atoms with van der Waals surface area (Å²) in [5.41, 5.74) is 0. The van der Waals surface area contributed by atoms with E-state index in [0.29, 0.717) is 0 Å². The fourth-order valence-corrected chi connectivity index (χ4v) is 2.10. The van der Waals surface area contributed by atoms with Crippen LogP contribution in [-0.2, 0) is 14.2 Å². The van der Waals surface area contributed by atoms with Gasteiger partial charge in [0.25, 0.3) is 0 Å². The Morgan fingerprint density at radius 2 is 0.677 bits per heavy atom. The lowest BCUT2D eigenvalue weighted by atomic mass is 10.5. The van der Waals surface area contributed by atoms with E-state index >= 15 is 0 Å². The Kier molecular flexibility index (Phi) is 25.7. The lowest BCUT2D eigenvalue weighted by Gasteiger charge is -2.17. The minimum absolute atomic E-state index is 0.216. The Labute approximate surface area is 192 Å². The maximum Gasteiger partial charge on any atom is 0.0594 e. The van der Waals surface area contributed by atoms with E-state index in [0.717, 1.165) is 85.5 Å². The average Bonchev–Trinajstić information content (AvgIpc) is 2.67. The van der Waals surface area contributed by atoms with E-state index in [1.807, 2.05) is 21.1 Å². The minimum atomic E-state index is 0.216. The highest BCUT2D eigenvalue weighted by molar-refractivity contribution is 4.51. The highest BCUT2D eigenvalue weighted by atomic mass is 16.5. The van der Waals surface area contributed by atoms with Crippen LogP contribution in [0.25, 0.3) is 0 Å². The number of aliphatic hydroxyl groups is 1. The standard InChI is InChI=1S/C13H31N3O2.C9H22N2O2/c1-14(2)6-10-17-12-8-16(5)9-13-18-11-7-15(3)4;1-10(2)5-8-13-9-6-11(3)4-7-12/h6-13H2,1-5H3;12H,4-9H2,1-3H3. The van der Waals surface area contributed by atoms with E-state index in [-0.39, 0.29) is 6.61 Å². The van der Waals surface area contributed by atoms with Gasteiger partial charge in [0.1, 0.15) is 0 Å². The van der Waals surface area contributed by atoms with Gasteiger partial charge in [-0.1, -0.05) is 0 Å². The molecule has 0 aromatic rings. The summed E-state index contributed by atoms with van der Waals surface area (Å²) in [4.78, 5) is 10.6. The molecule has 0 saturated carbocycles. The molecule has 9 heteroatoms. The Bertz CT molecular complexity index is 332. The van der Waals surface area contributed by atoms with Gasteiger partial charge in [0, 0.05) is 45.8 Å². The Morgan fingerprint density at radius 1 is 0.419 bits per heavy atom. The van der Waals surface area contributed by atoms with Gasteiger partial charge in [-0.3, -0.25) is 0 Å². The molecule has 0 unspecified atom stereocenters. The van der Waals surface area contributed by atoms with Crippen molar-refractivity contribution in [1.29, 1.82) is 0 Å². The normalized spacial score (nSPS) is 11.8. The molecule has 0 atom stereocenters. The molecule has 0 amide bonds. The van der Waals surface area contributed by atoms with Crippen LogP contribution in [0.4, 0.5) is 0 Å². The zero-order valence-corrected chi connectivity index (χ0v) is 21.8. The molecule has 0 aliphatic carbocycles. The lowest BCUT2D eigenvalue weighted by Crippen LogP contribution is -2.29. The quantitative estimate of drug-likeness (QED) is 0.248. The summed E-state index contributed by atoms with van der Waals surface area (Å²) < 4.78 is 16.5. The lowest BCUT2D eigenvalue weighted by molar-refractivity contribution is 0.0744. The van der Waals surface area contributed by atoms with Crippen LogP contribution in [0, 0.1) is 0 Å². The maximum absolute atomic E-state index is 8.62. The first-order valence-electron chi connectivity index (χ1n) is 11.3. The largest absolute Gasteiger partial charge is 0.395 e. The van der Waals surface area contributed by atoms with Gasteiger partial charge in [0.15, 0.2) is 0 Å². The van der Waals surface area contributed by atoms with Gasteiger partial charge >= 0.3 is 0 Å². The first-order chi connectivity index (χ1) is 14.7. The molecule has 9 nitrogen and oxygen atoms in total. The zero-order valence-electron chi connectivity index (χ0n) is 21.8. The van der Waals surface area contributed by atoms with E-state index in [1.54, 1.807) is 0 Å². The molecule has 0 aromatic heterocycles. The van der Waals surface area contributed by atoms with Crippen molar-refractivity contribution in [2.75, 3.05) is 148 Å². The Hall–Kier alpha value is -0.360. The molecule has 0 bridgehead atoms. The molecule has 0 saturated heterocycles. The monoisotopic (exact) mass is 451 g/mol. The zero-order chi connectivity index (χ0) is 23.9. The topological polar surface area (TPSA) is 64.1 Å². The summed E-state index contributed by atoms with van der Waals surface area (Å²) in [6.07, 6.45) is 0. The smallest absolute Gasteiger partial charge is 0.0594 e. The number of aliphatic hydroxyl groups excluding tert-OH is 1. The van der Waals surface area contributed by atoms with Crippen LogP contribution in [0.15, 0.2) is 0 Å². The van der Waals surface area contributed by atoms with Gasteiger partial charge in [0.05, 0.1) is 46.2 Å². The predicted molar refractivity (Wildman–Crippen MR) is 130 cm³/mol.